The Balaban J connectivity index is 1.37. The Bertz CT molecular complexity index is 1090. The maximum Gasteiger partial charge on any atom is 0.274 e. The zero-order chi connectivity index (χ0) is 22.3. The molecular formula is C24H24N4O4. The van der Waals surface area contributed by atoms with Gasteiger partial charge in [0.1, 0.15) is 5.69 Å². The van der Waals surface area contributed by atoms with Gasteiger partial charge in [-0.3, -0.25) is 14.6 Å². The van der Waals surface area contributed by atoms with Gasteiger partial charge in [-0.25, -0.2) is 4.98 Å². The van der Waals surface area contributed by atoms with Gasteiger partial charge in [0.15, 0.2) is 11.5 Å². The van der Waals surface area contributed by atoms with Crippen LogP contribution in [0.15, 0.2) is 60.9 Å². The van der Waals surface area contributed by atoms with E-state index >= 15 is 0 Å². The summed E-state index contributed by atoms with van der Waals surface area (Å²) >= 11 is 0. The Morgan fingerprint density at radius 1 is 1.00 bits per heavy atom. The van der Waals surface area contributed by atoms with E-state index in [1.807, 2.05) is 55.5 Å². The second-order valence-corrected chi connectivity index (χ2v) is 7.47. The van der Waals surface area contributed by atoms with E-state index in [0.29, 0.717) is 24.6 Å². The number of rotatable bonds is 8. The number of carbonyl (C=O) groups excluding carboxylic acids is 2. The molecule has 8 heteroatoms. The van der Waals surface area contributed by atoms with Crippen LogP contribution in [-0.4, -0.2) is 40.0 Å². The molecule has 1 N–H and O–H groups in total. The Labute approximate surface area is 186 Å². The highest BCUT2D eigenvalue weighted by atomic mass is 16.7. The lowest BCUT2D eigenvalue weighted by Crippen LogP contribution is -2.35. The molecule has 0 spiro atoms. The largest absolute Gasteiger partial charge is 0.454 e. The van der Waals surface area contributed by atoms with E-state index in [1.165, 1.54) is 6.20 Å². The van der Waals surface area contributed by atoms with Crippen LogP contribution in [0.2, 0.25) is 0 Å². The van der Waals surface area contributed by atoms with Crippen LogP contribution in [0.3, 0.4) is 0 Å². The Hall–Kier alpha value is -3.94. The average Bonchev–Trinajstić information content (AvgIpc) is 3.29. The smallest absolute Gasteiger partial charge is 0.274 e. The molecule has 0 aliphatic carbocycles. The fourth-order valence-corrected chi connectivity index (χ4v) is 3.30. The van der Waals surface area contributed by atoms with Crippen molar-refractivity contribution in [2.75, 3.05) is 13.3 Å². The van der Waals surface area contributed by atoms with E-state index in [4.69, 9.17) is 9.47 Å². The van der Waals surface area contributed by atoms with Gasteiger partial charge < -0.3 is 19.7 Å². The minimum atomic E-state index is -0.259. The standard InChI is InChI=1S/C24H24N4O4/c1-17-12-26-20(14-25-17)24(30)28(15-18-5-3-2-4-6-18)10-9-23(29)27-13-19-7-8-21-22(11-19)32-16-31-21/h2-8,11-12,14H,9-10,13,15-16H2,1H3,(H,27,29). The maximum atomic E-state index is 13.0. The third-order valence-electron chi connectivity index (χ3n) is 5.04. The number of ether oxygens (including phenoxy) is 2. The number of benzene rings is 2. The first kappa shape index (κ1) is 21.3. The number of amides is 2. The van der Waals surface area contributed by atoms with Crippen LogP contribution < -0.4 is 14.8 Å². The normalized spacial score (nSPS) is 11.8. The molecular weight excluding hydrogens is 408 g/mol. The fourth-order valence-electron chi connectivity index (χ4n) is 3.30. The van der Waals surface area contributed by atoms with Crippen molar-refractivity contribution in [1.29, 1.82) is 0 Å². The summed E-state index contributed by atoms with van der Waals surface area (Å²) in [5.41, 5.74) is 2.88. The maximum absolute atomic E-state index is 13.0. The highest BCUT2D eigenvalue weighted by molar-refractivity contribution is 5.92. The molecule has 0 atom stereocenters. The molecule has 3 aromatic rings. The lowest BCUT2D eigenvalue weighted by atomic mass is 10.2. The van der Waals surface area contributed by atoms with Crippen LogP contribution in [0, 0.1) is 6.92 Å². The molecule has 4 rings (SSSR count). The first-order valence-electron chi connectivity index (χ1n) is 10.4. The molecule has 2 amide bonds. The van der Waals surface area contributed by atoms with E-state index in [1.54, 1.807) is 11.1 Å². The van der Waals surface area contributed by atoms with Gasteiger partial charge in [0.25, 0.3) is 5.91 Å². The third-order valence-corrected chi connectivity index (χ3v) is 5.04. The van der Waals surface area contributed by atoms with Crippen molar-refractivity contribution < 1.29 is 19.1 Å². The van der Waals surface area contributed by atoms with E-state index in [0.717, 1.165) is 16.8 Å². The molecule has 32 heavy (non-hydrogen) atoms. The minimum absolute atomic E-state index is 0.150. The number of fused-ring (bicyclic) bond motifs is 1. The van der Waals surface area contributed by atoms with E-state index in [-0.39, 0.29) is 37.3 Å². The van der Waals surface area contributed by atoms with Crippen molar-refractivity contribution in [2.24, 2.45) is 0 Å². The molecule has 2 heterocycles. The molecule has 0 fully saturated rings. The summed E-state index contributed by atoms with van der Waals surface area (Å²) < 4.78 is 10.7. The summed E-state index contributed by atoms with van der Waals surface area (Å²) in [4.78, 5) is 35.5. The molecule has 1 aromatic heterocycles. The molecule has 0 bridgehead atoms. The van der Waals surface area contributed by atoms with Crippen LogP contribution in [0.4, 0.5) is 0 Å². The topological polar surface area (TPSA) is 93.7 Å². The molecule has 1 aliphatic heterocycles. The second kappa shape index (κ2) is 9.91. The zero-order valence-corrected chi connectivity index (χ0v) is 17.8. The van der Waals surface area contributed by atoms with E-state index in [9.17, 15) is 9.59 Å². The quantitative estimate of drug-likeness (QED) is 0.588. The highest BCUT2D eigenvalue weighted by Crippen LogP contribution is 2.32. The summed E-state index contributed by atoms with van der Waals surface area (Å²) in [7, 11) is 0. The number of hydrogen-bond acceptors (Lipinski definition) is 6. The van der Waals surface area contributed by atoms with Crippen LogP contribution in [0.25, 0.3) is 0 Å². The van der Waals surface area contributed by atoms with Gasteiger partial charge in [-0.1, -0.05) is 36.4 Å². The number of nitrogens with zero attached hydrogens (tertiary/aromatic N) is 3. The number of carbonyl (C=O) groups is 2. The lowest BCUT2D eigenvalue weighted by molar-refractivity contribution is -0.121. The number of aryl methyl sites for hydroxylation is 1. The van der Waals surface area contributed by atoms with Crippen molar-refractivity contribution in [2.45, 2.75) is 26.4 Å². The van der Waals surface area contributed by atoms with Gasteiger partial charge in [0, 0.05) is 32.3 Å². The van der Waals surface area contributed by atoms with Crippen molar-refractivity contribution in [3.05, 3.63) is 83.4 Å². The molecule has 0 saturated carbocycles. The van der Waals surface area contributed by atoms with Crippen LogP contribution in [-0.2, 0) is 17.9 Å². The Morgan fingerprint density at radius 2 is 1.81 bits per heavy atom. The summed E-state index contributed by atoms with van der Waals surface area (Å²) in [5, 5.41) is 2.89. The predicted molar refractivity (Wildman–Crippen MR) is 117 cm³/mol. The zero-order valence-electron chi connectivity index (χ0n) is 17.8. The molecule has 8 nitrogen and oxygen atoms in total. The molecule has 0 radical (unpaired) electrons. The number of hydrogen-bond donors (Lipinski definition) is 1. The molecule has 1 aliphatic rings. The Kier molecular flexibility index (Phi) is 6.60. The van der Waals surface area contributed by atoms with Gasteiger partial charge in [-0.2, -0.15) is 0 Å². The minimum Gasteiger partial charge on any atom is -0.454 e. The molecule has 164 valence electrons. The lowest BCUT2D eigenvalue weighted by Gasteiger charge is -2.22. The number of aromatic nitrogens is 2. The third kappa shape index (κ3) is 5.40. The van der Waals surface area contributed by atoms with Gasteiger partial charge >= 0.3 is 0 Å². The van der Waals surface area contributed by atoms with E-state index < -0.39 is 0 Å². The molecule has 0 unspecified atom stereocenters. The van der Waals surface area contributed by atoms with Crippen LogP contribution in [0.1, 0.15) is 33.7 Å². The first-order chi connectivity index (χ1) is 15.6. The van der Waals surface area contributed by atoms with Crippen molar-refractivity contribution in [3.63, 3.8) is 0 Å². The van der Waals surface area contributed by atoms with Crippen LogP contribution >= 0.6 is 0 Å². The van der Waals surface area contributed by atoms with Crippen molar-refractivity contribution in [3.8, 4) is 11.5 Å². The summed E-state index contributed by atoms with van der Waals surface area (Å²) in [6.45, 7) is 3.03. The van der Waals surface area contributed by atoms with Gasteiger partial charge in [0.05, 0.1) is 11.9 Å². The molecule has 0 saturated heterocycles. The van der Waals surface area contributed by atoms with Crippen molar-refractivity contribution in [1.82, 2.24) is 20.2 Å². The van der Waals surface area contributed by atoms with Gasteiger partial charge in [0.2, 0.25) is 12.7 Å². The molecule has 2 aromatic carbocycles. The highest BCUT2D eigenvalue weighted by Gasteiger charge is 2.19. The first-order valence-corrected chi connectivity index (χ1v) is 10.4. The van der Waals surface area contributed by atoms with Crippen molar-refractivity contribution >= 4 is 11.8 Å². The van der Waals surface area contributed by atoms with Crippen LogP contribution in [0.5, 0.6) is 11.5 Å². The number of nitrogens with one attached hydrogen (secondary N) is 1. The Morgan fingerprint density at radius 3 is 2.59 bits per heavy atom. The monoisotopic (exact) mass is 432 g/mol. The van der Waals surface area contributed by atoms with Gasteiger partial charge in [-0.05, 0) is 30.2 Å². The second-order valence-electron chi connectivity index (χ2n) is 7.47. The van der Waals surface area contributed by atoms with E-state index in [2.05, 4.69) is 15.3 Å². The summed E-state index contributed by atoms with van der Waals surface area (Å²) in [5.74, 6) is 0.971. The fraction of sp³-hybridized carbons (Fsp3) is 0.250. The summed E-state index contributed by atoms with van der Waals surface area (Å²) in [6, 6.07) is 15.2. The van der Waals surface area contributed by atoms with Gasteiger partial charge in [-0.15, -0.1) is 0 Å². The predicted octanol–water partition coefficient (Wildman–Crippen LogP) is 2.86. The SMILES string of the molecule is Cc1cnc(C(=O)N(CCC(=O)NCc2ccc3c(c2)OCO3)Cc2ccccc2)cn1. The summed E-state index contributed by atoms with van der Waals surface area (Å²) in [6.07, 6.45) is 3.20. The average molecular weight is 432 g/mol.